The van der Waals surface area contributed by atoms with Gasteiger partial charge in [0.05, 0.1) is 30.4 Å². The highest BCUT2D eigenvalue weighted by Gasteiger charge is 2.44. The van der Waals surface area contributed by atoms with Crippen LogP contribution in [0.4, 0.5) is 16.4 Å². The fraction of sp³-hybridized carbons (Fsp3) is 0.667. The lowest BCUT2D eigenvalue weighted by molar-refractivity contribution is -0.158. The minimum absolute atomic E-state index is 0.222. The third kappa shape index (κ3) is 8.35. The van der Waals surface area contributed by atoms with E-state index in [4.69, 9.17) is 19.2 Å². The van der Waals surface area contributed by atoms with Crippen LogP contribution in [-0.4, -0.2) is 63.6 Å². The molecule has 1 fully saturated rings. The number of unbranched alkanes of at least 4 members (excludes halogenated alkanes) is 1. The van der Waals surface area contributed by atoms with Crippen molar-refractivity contribution in [3.63, 3.8) is 0 Å². The first-order valence-electron chi connectivity index (χ1n) is 14.4. The van der Waals surface area contributed by atoms with Crippen LogP contribution in [0.3, 0.4) is 0 Å². The highest BCUT2D eigenvalue weighted by molar-refractivity contribution is 5.78. The lowest BCUT2D eigenvalue weighted by Crippen LogP contribution is -2.49. The second-order valence-electron chi connectivity index (χ2n) is 12.5. The van der Waals surface area contributed by atoms with Crippen molar-refractivity contribution in [2.45, 2.75) is 98.6 Å². The molecule has 1 N–H and O–H groups in total. The fourth-order valence-electron chi connectivity index (χ4n) is 4.72. The van der Waals surface area contributed by atoms with Gasteiger partial charge in [0, 0.05) is 43.4 Å². The Kier molecular flexibility index (Phi) is 10.1. The highest BCUT2D eigenvalue weighted by Crippen LogP contribution is 2.38. The number of anilines is 2. The van der Waals surface area contributed by atoms with Gasteiger partial charge in [-0.15, -0.1) is 0 Å². The predicted octanol–water partition coefficient (Wildman–Crippen LogP) is 6.08. The number of carbonyl (C=O) groups is 2. The molecule has 2 aromatic heterocycles. The summed E-state index contributed by atoms with van der Waals surface area (Å²) < 4.78 is 19.1. The lowest BCUT2D eigenvalue weighted by Gasteiger charge is -2.40. The zero-order valence-electron chi connectivity index (χ0n) is 25.5. The minimum atomic E-state index is -0.811. The molecule has 3 heterocycles. The van der Waals surface area contributed by atoms with Gasteiger partial charge in [-0.2, -0.15) is 5.10 Å². The maximum absolute atomic E-state index is 13.4. The first-order valence-corrected chi connectivity index (χ1v) is 14.4. The van der Waals surface area contributed by atoms with E-state index in [1.807, 2.05) is 50.6 Å². The molecule has 0 aliphatic carbocycles. The van der Waals surface area contributed by atoms with Crippen molar-refractivity contribution in [3.8, 4) is 5.75 Å². The Morgan fingerprint density at radius 3 is 2.38 bits per heavy atom. The molecule has 10 nitrogen and oxygen atoms in total. The van der Waals surface area contributed by atoms with Crippen LogP contribution in [0, 0.1) is 5.41 Å². The zero-order chi connectivity index (χ0) is 29.6. The van der Waals surface area contributed by atoms with Crippen LogP contribution in [0.1, 0.15) is 86.8 Å². The third-order valence-corrected chi connectivity index (χ3v) is 6.75. The van der Waals surface area contributed by atoms with Crippen molar-refractivity contribution in [2.24, 2.45) is 5.41 Å². The average Bonchev–Trinajstić information content (AvgIpc) is 3.32. The number of nitrogens with one attached hydrogen (secondary N) is 1. The van der Waals surface area contributed by atoms with E-state index < -0.39 is 11.0 Å². The molecule has 0 saturated carbocycles. The number of amides is 1. The van der Waals surface area contributed by atoms with Crippen LogP contribution in [0.2, 0.25) is 0 Å². The van der Waals surface area contributed by atoms with Gasteiger partial charge in [-0.1, -0.05) is 13.3 Å². The third-order valence-electron chi connectivity index (χ3n) is 6.75. The zero-order valence-corrected chi connectivity index (χ0v) is 25.5. The van der Waals surface area contributed by atoms with Crippen LogP contribution >= 0.6 is 0 Å². The van der Waals surface area contributed by atoms with Gasteiger partial charge in [0.1, 0.15) is 23.0 Å². The number of hydrogen-bond acceptors (Lipinski definition) is 8. The molecule has 222 valence electrons. The number of ether oxygens (including phenoxy) is 3. The molecule has 1 amide bonds. The minimum Gasteiger partial charge on any atom is -0.493 e. The van der Waals surface area contributed by atoms with Crippen molar-refractivity contribution < 1.29 is 23.8 Å². The summed E-state index contributed by atoms with van der Waals surface area (Å²) in [7, 11) is 0. The largest absolute Gasteiger partial charge is 0.493 e. The van der Waals surface area contributed by atoms with Crippen molar-refractivity contribution in [3.05, 3.63) is 30.1 Å². The van der Waals surface area contributed by atoms with Gasteiger partial charge in [0.15, 0.2) is 0 Å². The molecule has 1 aliphatic rings. The standard InChI is InChI=1S/C30H47N5O5/c1-9-11-18-39-23-19-22(32-24(20-23)33-25-12-15-31-35(25)28(3,4)5)21-30(26(36)38-10-2)13-16-34(17-14-30)27(37)40-29(6,7)8/h12,15,19-20H,9-11,13-14,16-18,21H2,1-8H3,(H,32,33). The maximum Gasteiger partial charge on any atom is 0.410 e. The Bertz CT molecular complexity index is 1140. The van der Waals surface area contributed by atoms with Gasteiger partial charge < -0.3 is 24.4 Å². The Morgan fingerprint density at radius 1 is 1.07 bits per heavy atom. The molecule has 1 aliphatic heterocycles. The number of nitrogens with zero attached hydrogens (tertiary/aromatic N) is 4. The summed E-state index contributed by atoms with van der Waals surface area (Å²) in [5, 5.41) is 7.87. The molecule has 10 heteroatoms. The maximum atomic E-state index is 13.4. The number of pyridine rings is 1. The summed E-state index contributed by atoms with van der Waals surface area (Å²) in [6.07, 6.45) is 4.62. The van der Waals surface area contributed by atoms with E-state index in [1.165, 1.54) is 0 Å². The second-order valence-corrected chi connectivity index (χ2v) is 12.5. The molecular formula is C30H47N5O5. The number of aromatic nitrogens is 3. The van der Waals surface area contributed by atoms with Crippen LogP contribution in [0.15, 0.2) is 24.4 Å². The molecule has 0 spiro atoms. The molecule has 40 heavy (non-hydrogen) atoms. The first-order chi connectivity index (χ1) is 18.8. The van der Waals surface area contributed by atoms with Crippen molar-refractivity contribution >= 4 is 23.7 Å². The quantitative estimate of drug-likeness (QED) is 0.277. The Hall–Kier alpha value is -3.30. The van der Waals surface area contributed by atoms with Crippen LogP contribution in [-0.2, 0) is 26.2 Å². The molecule has 1 saturated heterocycles. The fourth-order valence-corrected chi connectivity index (χ4v) is 4.72. The number of likely N-dealkylation sites (tertiary alicyclic amines) is 1. The molecule has 0 atom stereocenters. The highest BCUT2D eigenvalue weighted by atomic mass is 16.6. The topological polar surface area (TPSA) is 108 Å². The summed E-state index contributed by atoms with van der Waals surface area (Å²) in [6.45, 7) is 17.4. The molecule has 0 radical (unpaired) electrons. The van der Waals surface area contributed by atoms with Gasteiger partial charge in [-0.05, 0) is 67.7 Å². The summed E-state index contributed by atoms with van der Waals surface area (Å²) >= 11 is 0. The van der Waals surface area contributed by atoms with E-state index in [0.29, 0.717) is 50.5 Å². The summed E-state index contributed by atoms with van der Waals surface area (Å²) in [6, 6.07) is 5.69. The summed E-state index contributed by atoms with van der Waals surface area (Å²) in [4.78, 5) is 32.6. The predicted molar refractivity (Wildman–Crippen MR) is 155 cm³/mol. The molecular weight excluding hydrogens is 510 g/mol. The molecule has 3 rings (SSSR count). The lowest BCUT2D eigenvalue weighted by atomic mass is 9.74. The Labute approximate surface area is 238 Å². The van der Waals surface area contributed by atoms with E-state index in [0.717, 1.165) is 24.4 Å². The first kappa shape index (κ1) is 31.2. The normalized spacial score (nSPS) is 15.4. The number of esters is 1. The van der Waals surface area contributed by atoms with Gasteiger partial charge >= 0.3 is 12.1 Å². The monoisotopic (exact) mass is 557 g/mol. The van der Waals surface area contributed by atoms with Crippen LogP contribution < -0.4 is 10.1 Å². The van der Waals surface area contributed by atoms with Gasteiger partial charge in [0.2, 0.25) is 0 Å². The van der Waals surface area contributed by atoms with Gasteiger partial charge in [0.25, 0.3) is 0 Å². The smallest absolute Gasteiger partial charge is 0.410 e. The van der Waals surface area contributed by atoms with E-state index in [9.17, 15) is 9.59 Å². The van der Waals surface area contributed by atoms with Crippen molar-refractivity contribution in [1.82, 2.24) is 19.7 Å². The molecule has 2 aromatic rings. The Balaban J connectivity index is 1.90. The van der Waals surface area contributed by atoms with Gasteiger partial charge in [-0.25, -0.2) is 14.5 Å². The SMILES string of the molecule is CCCCOc1cc(CC2(C(=O)OCC)CCN(C(=O)OC(C)(C)C)CC2)nc(Nc2ccnn2C(C)(C)C)c1. The summed E-state index contributed by atoms with van der Waals surface area (Å²) in [5.41, 5.74) is -0.897. The second kappa shape index (κ2) is 12.9. The van der Waals surface area contributed by atoms with Crippen molar-refractivity contribution in [1.29, 1.82) is 0 Å². The van der Waals surface area contributed by atoms with Crippen LogP contribution in [0.5, 0.6) is 5.75 Å². The molecule has 0 aromatic carbocycles. The number of carbonyl (C=O) groups excluding carboxylic acids is 2. The molecule has 0 bridgehead atoms. The van der Waals surface area contributed by atoms with E-state index in [1.54, 1.807) is 11.1 Å². The van der Waals surface area contributed by atoms with E-state index in [-0.39, 0.29) is 24.2 Å². The van der Waals surface area contributed by atoms with Crippen molar-refractivity contribution in [2.75, 3.05) is 31.6 Å². The average molecular weight is 558 g/mol. The molecule has 0 unspecified atom stereocenters. The Morgan fingerprint density at radius 2 is 1.77 bits per heavy atom. The van der Waals surface area contributed by atoms with Gasteiger partial charge in [-0.3, -0.25) is 4.79 Å². The number of rotatable bonds is 10. The number of hydrogen-bond donors (Lipinski definition) is 1. The van der Waals surface area contributed by atoms with E-state index >= 15 is 0 Å². The summed E-state index contributed by atoms with van der Waals surface area (Å²) in [5.74, 6) is 1.84. The number of piperidine rings is 1. The van der Waals surface area contributed by atoms with Crippen LogP contribution in [0.25, 0.3) is 0 Å². The van der Waals surface area contributed by atoms with E-state index in [2.05, 4.69) is 38.1 Å².